The molecule has 0 saturated carbocycles. The van der Waals surface area contributed by atoms with Crippen molar-refractivity contribution < 1.29 is 9.53 Å². The van der Waals surface area contributed by atoms with Crippen LogP contribution in [-0.2, 0) is 16.0 Å². The second-order valence-corrected chi connectivity index (χ2v) is 7.09. The smallest absolute Gasteiger partial charge is 0.223 e. The maximum absolute atomic E-state index is 12.7. The summed E-state index contributed by atoms with van der Waals surface area (Å²) >= 11 is 3.55. The summed E-state index contributed by atoms with van der Waals surface area (Å²) in [5.41, 5.74) is 2.31. The summed E-state index contributed by atoms with van der Waals surface area (Å²) in [6.07, 6.45) is 1.29. The largest absolute Gasteiger partial charge is 0.367 e. The van der Waals surface area contributed by atoms with E-state index in [2.05, 4.69) is 34.1 Å². The van der Waals surface area contributed by atoms with E-state index in [1.165, 1.54) is 5.56 Å². The van der Waals surface area contributed by atoms with E-state index in [1.54, 1.807) is 0 Å². The van der Waals surface area contributed by atoms with Gasteiger partial charge >= 0.3 is 0 Å². The average Bonchev–Trinajstić information content (AvgIpc) is 2.61. The highest BCUT2D eigenvalue weighted by Crippen LogP contribution is 2.26. The van der Waals surface area contributed by atoms with E-state index in [0.717, 1.165) is 16.5 Å². The normalized spacial score (nSPS) is 20.8. The molecule has 0 radical (unpaired) electrons. The lowest BCUT2D eigenvalue weighted by Crippen LogP contribution is -2.46. The minimum absolute atomic E-state index is 0.0395. The Labute approximate surface area is 151 Å². The summed E-state index contributed by atoms with van der Waals surface area (Å²) in [6.45, 7) is 3.32. The first-order valence-electron chi connectivity index (χ1n) is 8.35. The molecule has 4 heteroatoms. The molecule has 1 heterocycles. The van der Waals surface area contributed by atoms with Crippen LogP contribution in [0.3, 0.4) is 0 Å². The van der Waals surface area contributed by atoms with Crippen molar-refractivity contribution in [2.24, 2.45) is 0 Å². The van der Waals surface area contributed by atoms with E-state index in [9.17, 15) is 4.79 Å². The number of halogens is 1. The van der Waals surface area contributed by atoms with Crippen molar-refractivity contribution in [2.75, 3.05) is 13.1 Å². The summed E-state index contributed by atoms with van der Waals surface area (Å²) in [5.74, 6) is 0.196. The molecule has 1 saturated heterocycles. The third kappa shape index (κ3) is 4.25. The summed E-state index contributed by atoms with van der Waals surface area (Å²) in [4.78, 5) is 14.6. The number of carbonyl (C=O) groups is 1. The molecule has 0 spiro atoms. The molecule has 0 bridgehead atoms. The van der Waals surface area contributed by atoms with Crippen molar-refractivity contribution in [2.45, 2.75) is 32.0 Å². The Morgan fingerprint density at radius 2 is 1.83 bits per heavy atom. The first-order chi connectivity index (χ1) is 11.6. The summed E-state index contributed by atoms with van der Waals surface area (Å²) in [5, 5.41) is 0. The van der Waals surface area contributed by atoms with Gasteiger partial charge < -0.3 is 9.64 Å². The van der Waals surface area contributed by atoms with Gasteiger partial charge in [-0.1, -0.05) is 64.5 Å². The van der Waals surface area contributed by atoms with Crippen LogP contribution < -0.4 is 0 Å². The second kappa shape index (κ2) is 7.95. The molecule has 2 aromatic rings. The molecular weight excluding hydrogens is 366 g/mol. The average molecular weight is 388 g/mol. The number of nitrogens with zero attached hydrogens (tertiary/aromatic N) is 1. The molecule has 1 amide bonds. The molecule has 1 fully saturated rings. The highest BCUT2D eigenvalue weighted by molar-refractivity contribution is 9.10. The summed E-state index contributed by atoms with van der Waals surface area (Å²) < 4.78 is 7.10. The fraction of sp³-hybridized carbons (Fsp3) is 0.350. The lowest BCUT2D eigenvalue weighted by atomic mass is 10.1. The minimum atomic E-state index is -0.0395. The molecule has 0 N–H and O–H groups in total. The molecule has 24 heavy (non-hydrogen) atoms. The number of benzene rings is 2. The van der Waals surface area contributed by atoms with Gasteiger partial charge in [-0.15, -0.1) is 0 Å². The van der Waals surface area contributed by atoms with Crippen molar-refractivity contribution in [1.29, 1.82) is 0 Å². The van der Waals surface area contributed by atoms with Crippen LogP contribution in [0.5, 0.6) is 0 Å². The topological polar surface area (TPSA) is 29.5 Å². The van der Waals surface area contributed by atoms with E-state index < -0.39 is 0 Å². The number of hydrogen-bond acceptors (Lipinski definition) is 2. The maximum atomic E-state index is 12.7. The number of ether oxygens (including phenoxy) is 1. The van der Waals surface area contributed by atoms with Crippen LogP contribution in [0.15, 0.2) is 59.1 Å². The van der Waals surface area contributed by atoms with Gasteiger partial charge in [0, 0.05) is 17.4 Å². The Morgan fingerprint density at radius 3 is 2.58 bits per heavy atom. The molecule has 3 nitrogen and oxygen atoms in total. The third-order valence-electron chi connectivity index (χ3n) is 4.35. The number of morpholine rings is 1. The second-order valence-electron chi connectivity index (χ2n) is 6.24. The van der Waals surface area contributed by atoms with Crippen molar-refractivity contribution in [3.8, 4) is 0 Å². The van der Waals surface area contributed by atoms with Gasteiger partial charge in [0.1, 0.15) is 6.10 Å². The van der Waals surface area contributed by atoms with Crippen molar-refractivity contribution in [1.82, 2.24) is 4.90 Å². The Morgan fingerprint density at radius 1 is 1.12 bits per heavy atom. The van der Waals surface area contributed by atoms with Crippen LogP contribution in [0, 0.1) is 0 Å². The standard InChI is InChI=1S/C20H22BrNO2/c1-15-13-22(14-19(24-15)17-8-3-2-4-9-17)20(23)12-11-16-7-5-6-10-18(16)21/h2-10,15,19H,11-14H2,1H3. The van der Waals surface area contributed by atoms with Crippen LogP contribution in [0.1, 0.15) is 30.6 Å². The predicted octanol–water partition coefficient (Wildman–Crippen LogP) is 4.37. The number of hydrogen-bond donors (Lipinski definition) is 0. The van der Waals surface area contributed by atoms with Crippen molar-refractivity contribution in [3.05, 3.63) is 70.2 Å². The molecule has 0 aliphatic carbocycles. The highest BCUT2D eigenvalue weighted by atomic mass is 79.9. The molecule has 3 rings (SSSR count). The summed E-state index contributed by atoms with van der Waals surface area (Å²) in [7, 11) is 0. The number of aryl methyl sites for hydroxylation is 1. The van der Waals surface area contributed by atoms with E-state index >= 15 is 0 Å². The predicted molar refractivity (Wildman–Crippen MR) is 98.8 cm³/mol. The summed E-state index contributed by atoms with van der Waals surface area (Å²) in [6, 6.07) is 18.2. The van der Waals surface area contributed by atoms with Gasteiger partial charge in [-0.2, -0.15) is 0 Å². The monoisotopic (exact) mass is 387 g/mol. The quantitative estimate of drug-likeness (QED) is 0.779. The van der Waals surface area contributed by atoms with Crippen LogP contribution in [0.25, 0.3) is 0 Å². The molecule has 2 unspecified atom stereocenters. The molecule has 2 atom stereocenters. The van der Waals surface area contributed by atoms with Gasteiger partial charge in [0.15, 0.2) is 0 Å². The van der Waals surface area contributed by atoms with Crippen molar-refractivity contribution >= 4 is 21.8 Å². The highest BCUT2D eigenvalue weighted by Gasteiger charge is 2.29. The van der Waals surface area contributed by atoms with Crippen LogP contribution in [0.4, 0.5) is 0 Å². The Kier molecular flexibility index (Phi) is 5.69. The van der Waals surface area contributed by atoms with Gasteiger partial charge in [0.2, 0.25) is 5.91 Å². The lowest BCUT2D eigenvalue weighted by Gasteiger charge is -2.37. The Bertz CT molecular complexity index is 689. The van der Waals surface area contributed by atoms with E-state index in [0.29, 0.717) is 19.5 Å². The number of carbonyl (C=O) groups excluding carboxylic acids is 1. The number of rotatable bonds is 4. The van der Waals surface area contributed by atoms with Crippen LogP contribution >= 0.6 is 15.9 Å². The van der Waals surface area contributed by atoms with Crippen LogP contribution in [-0.4, -0.2) is 30.0 Å². The fourth-order valence-electron chi connectivity index (χ4n) is 3.11. The van der Waals surface area contributed by atoms with Crippen molar-refractivity contribution in [3.63, 3.8) is 0 Å². The molecule has 1 aliphatic rings. The SMILES string of the molecule is CC1CN(C(=O)CCc2ccccc2Br)CC(c2ccccc2)O1. The zero-order valence-corrected chi connectivity index (χ0v) is 15.4. The molecule has 126 valence electrons. The van der Waals surface area contributed by atoms with E-state index in [4.69, 9.17) is 4.74 Å². The van der Waals surface area contributed by atoms with Gasteiger partial charge in [-0.25, -0.2) is 0 Å². The Hall–Kier alpha value is -1.65. The molecule has 1 aliphatic heterocycles. The van der Waals surface area contributed by atoms with Crippen LogP contribution in [0.2, 0.25) is 0 Å². The number of amides is 1. The van der Waals surface area contributed by atoms with Gasteiger partial charge in [0.05, 0.1) is 12.6 Å². The first kappa shape index (κ1) is 17.2. The maximum Gasteiger partial charge on any atom is 0.223 e. The molecule has 0 aromatic heterocycles. The Balaban J connectivity index is 1.63. The van der Waals surface area contributed by atoms with E-state index in [1.807, 2.05) is 48.2 Å². The van der Waals surface area contributed by atoms with Gasteiger partial charge in [-0.3, -0.25) is 4.79 Å². The van der Waals surface area contributed by atoms with E-state index in [-0.39, 0.29) is 18.1 Å². The molecular formula is C20H22BrNO2. The molecule has 2 aromatic carbocycles. The zero-order chi connectivity index (χ0) is 16.9. The fourth-order valence-corrected chi connectivity index (χ4v) is 3.59. The van der Waals surface area contributed by atoms with Gasteiger partial charge in [-0.05, 0) is 30.5 Å². The minimum Gasteiger partial charge on any atom is -0.367 e. The van der Waals surface area contributed by atoms with Gasteiger partial charge in [0.25, 0.3) is 0 Å². The zero-order valence-electron chi connectivity index (χ0n) is 13.8. The third-order valence-corrected chi connectivity index (χ3v) is 5.12. The lowest BCUT2D eigenvalue weighted by molar-refractivity contribution is -0.144. The first-order valence-corrected chi connectivity index (χ1v) is 9.14.